The summed E-state index contributed by atoms with van der Waals surface area (Å²) < 4.78 is 0. The third-order valence-corrected chi connectivity index (χ3v) is 2.94. The van der Waals surface area contributed by atoms with Gasteiger partial charge in [-0.2, -0.15) is 0 Å². The van der Waals surface area contributed by atoms with E-state index in [4.69, 9.17) is 11.5 Å². The first-order chi connectivity index (χ1) is 9.18. The van der Waals surface area contributed by atoms with Crippen LogP contribution < -0.4 is 16.8 Å². The van der Waals surface area contributed by atoms with Gasteiger partial charge in [-0.15, -0.1) is 0 Å². The van der Waals surface area contributed by atoms with E-state index in [0.717, 1.165) is 25.9 Å². The highest BCUT2D eigenvalue weighted by Gasteiger charge is 1.90. The minimum atomic E-state index is 0.824. The van der Waals surface area contributed by atoms with Crippen LogP contribution in [0.25, 0.3) is 0 Å². The van der Waals surface area contributed by atoms with Gasteiger partial charge in [0.1, 0.15) is 0 Å². The van der Waals surface area contributed by atoms with Gasteiger partial charge in [-0.1, -0.05) is 25.7 Å². The molecule has 0 fully saturated rings. The smallest absolute Gasteiger partial charge is 0.00248 e. The summed E-state index contributed by atoms with van der Waals surface area (Å²) in [5.41, 5.74) is 10.6. The molecule has 4 heteroatoms. The average Bonchev–Trinajstić information content (AvgIpc) is 2.39. The second-order valence-corrected chi connectivity index (χ2v) is 5.31. The summed E-state index contributed by atoms with van der Waals surface area (Å²) in [4.78, 5) is 2.25. The van der Waals surface area contributed by atoms with Gasteiger partial charge in [-0.3, -0.25) is 0 Å². The summed E-state index contributed by atoms with van der Waals surface area (Å²) in [7, 11) is 6.28. The van der Waals surface area contributed by atoms with E-state index in [9.17, 15) is 0 Å². The number of nitrogens with zero attached hydrogens (tertiary/aromatic N) is 1. The van der Waals surface area contributed by atoms with Crippen molar-refractivity contribution < 1.29 is 0 Å². The predicted octanol–water partition coefficient (Wildman–Crippen LogP) is 1.79. The molecular weight excluding hydrogens is 236 g/mol. The highest BCUT2D eigenvalue weighted by Crippen LogP contribution is 1.98. The maximum Gasteiger partial charge on any atom is -0.00248 e. The van der Waals surface area contributed by atoms with Gasteiger partial charge in [0, 0.05) is 0 Å². The van der Waals surface area contributed by atoms with Crippen LogP contribution in [0.4, 0.5) is 0 Å². The molecule has 0 saturated heterocycles. The van der Waals surface area contributed by atoms with Crippen LogP contribution in [0.3, 0.4) is 0 Å². The Bertz CT molecular complexity index is 134. The van der Waals surface area contributed by atoms with Crippen molar-refractivity contribution in [3.8, 4) is 0 Å². The Morgan fingerprint density at radius 1 is 0.737 bits per heavy atom. The summed E-state index contributed by atoms with van der Waals surface area (Å²) in [6.45, 7) is 4.05. The van der Waals surface area contributed by atoms with E-state index in [1.54, 1.807) is 0 Å². The van der Waals surface area contributed by atoms with E-state index >= 15 is 0 Å². The first-order valence-corrected chi connectivity index (χ1v) is 7.88. The van der Waals surface area contributed by atoms with Gasteiger partial charge in [0.15, 0.2) is 0 Å². The third-order valence-electron chi connectivity index (χ3n) is 2.94. The van der Waals surface area contributed by atoms with E-state index < -0.39 is 0 Å². The molecule has 0 aromatic carbocycles. The second-order valence-electron chi connectivity index (χ2n) is 5.31. The molecule has 0 rings (SSSR count). The molecule has 0 saturated carbocycles. The topological polar surface area (TPSA) is 67.3 Å². The molecule has 0 bridgehead atoms. The highest BCUT2D eigenvalue weighted by molar-refractivity contribution is 4.48. The summed E-state index contributed by atoms with van der Waals surface area (Å²) >= 11 is 0. The van der Waals surface area contributed by atoms with Crippen LogP contribution in [0.1, 0.15) is 51.4 Å². The van der Waals surface area contributed by atoms with Gasteiger partial charge in [0.25, 0.3) is 0 Å². The molecule has 0 unspecified atom stereocenters. The molecule has 19 heavy (non-hydrogen) atoms. The Morgan fingerprint density at radius 3 is 1.63 bits per heavy atom. The maximum absolute atomic E-state index is 5.28. The van der Waals surface area contributed by atoms with Gasteiger partial charge in [-0.05, 0) is 73.0 Å². The van der Waals surface area contributed by atoms with Crippen LogP contribution >= 0.6 is 0 Å². The van der Waals surface area contributed by atoms with Gasteiger partial charge in [-0.25, -0.2) is 0 Å². The fraction of sp³-hybridized carbons (Fsp3) is 1.00. The van der Waals surface area contributed by atoms with Crippen molar-refractivity contribution in [3.05, 3.63) is 0 Å². The fourth-order valence-electron chi connectivity index (χ4n) is 1.73. The molecule has 4 nitrogen and oxygen atoms in total. The van der Waals surface area contributed by atoms with Crippen LogP contribution in [0.5, 0.6) is 0 Å². The number of hydrogen-bond donors (Lipinski definition) is 3. The quantitative estimate of drug-likeness (QED) is 0.475. The molecule has 0 spiro atoms. The van der Waals surface area contributed by atoms with Crippen molar-refractivity contribution in [1.29, 1.82) is 0 Å². The molecule has 5 N–H and O–H groups in total. The van der Waals surface area contributed by atoms with Crippen LogP contribution in [0.15, 0.2) is 0 Å². The normalized spacial score (nSPS) is 10.4. The minimum Gasteiger partial charge on any atom is -0.330 e. The largest absolute Gasteiger partial charge is 0.330 e. The zero-order valence-corrected chi connectivity index (χ0v) is 13.6. The lowest BCUT2D eigenvalue weighted by atomic mass is 10.2. The van der Waals surface area contributed by atoms with Crippen molar-refractivity contribution in [3.63, 3.8) is 0 Å². The molecule has 0 heterocycles. The fourth-order valence-corrected chi connectivity index (χ4v) is 1.73. The summed E-state index contributed by atoms with van der Waals surface area (Å²) in [6.07, 6.45) is 10.2. The Kier molecular flexibility index (Phi) is 22.4. The van der Waals surface area contributed by atoms with Crippen LogP contribution in [0.2, 0.25) is 0 Å². The Hall–Kier alpha value is -0.160. The number of unbranched alkanes of at least 4 members (excludes halogenated alkanes) is 6. The van der Waals surface area contributed by atoms with E-state index in [1.807, 2.05) is 7.05 Å². The minimum absolute atomic E-state index is 0.824. The average molecular weight is 274 g/mol. The monoisotopic (exact) mass is 274 g/mol. The molecule has 0 aliphatic carbocycles. The SMILES string of the molecule is CNCCCCCCN(C)C.NCCCCCCN. The maximum atomic E-state index is 5.28. The highest BCUT2D eigenvalue weighted by atomic mass is 15.0. The standard InChI is InChI=1S/C9H22N2.C6H16N2/c1-10-8-6-4-5-7-9-11(2)3;7-5-3-1-2-4-6-8/h10H,4-9H2,1-3H3;1-8H2. The zero-order chi connectivity index (χ0) is 14.8. The van der Waals surface area contributed by atoms with E-state index in [0.29, 0.717) is 0 Å². The van der Waals surface area contributed by atoms with Crippen molar-refractivity contribution in [1.82, 2.24) is 10.2 Å². The molecule has 0 aliphatic heterocycles. The molecule has 0 amide bonds. The summed E-state index contributed by atoms with van der Waals surface area (Å²) in [5.74, 6) is 0. The number of hydrogen-bond acceptors (Lipinski definition) is 4. The summed E-state index contributed by atoms with van der Waals surface area (Å²) in [6, 6.07) is 0. The summed E-state index contributed by atoms with van der Waals surface area (Å²) in [5, 5.41) is 3.16. The second kappa shape index (κ2) is 20.2. The molecule has 0 radical (unpaired) electrons. The van der Waals surface area contributed by atoms with Gasteiger partial charge in [0.2, 0.25) is 0 Å². The van der Waals surface area contributed by atoms with Gasteiger partial charge < -0.3 is 21.7 Å². The lowest BCUT2D eigenvalue weighted by Crippen LogP contribution is -2.13. The molecule has 0 aromatic heterocycles. The van der Waals surface area contributed by atoms with Crippen molar-refractivity contribution in [2.75, 3.05) is 47.3 Å². The lowest BCUT2D eigenvalue weighted by molar-refractivity contribution is 0.390. The molecular formula is C15H38N4. The molecule has 0 aliphatic rings. The van der Waals surface area contributed by atoms with Crippen LogP contribution in [-0.2, 0) is 0 Å². The Morgan fingerprint density at radius 2 is 1.21 bits per heavy atom. The number of rotatable bonds is 12. The van der Waals surface area contributed by atoms with Crippen LogP contribution in [0, 0.1) is 0 Å². The van der Waals surface area contributed by atoms with Gasteiger partial charge >= 0.3 is 0 Å². The van der Waals surface area contributed by atoms with E-state index in [2.05, 4.69) is 24.3 Å². The van der Waals surface area contributed by atoms with Crippen LogP contribution in [-0.4, -0.2) is 52.2 Å². The van der Waals surface area contributed by atoms with E-state index in [-0.39, 0.29) is 0 Å². The van der Waals surface area contributed by atoms with Crippen molar-refractivity contribution in [2.45, 2.75) is 51.4 Å². The first kappa shape index (κ1) is 21.1. The Labute approximate surface area is 121 Å². The molecule has 0 atom stereocenters. The molecule has 118 valence electrons. The van der Waals surface area contributed by atoms with E-state index in [1.165, 1.54) is 51.6 Å². The first-order valence-electron chi connectivity index (χ1n) is 7.88. The Balaban J connectivity index is 0. The molecule has 0 aromatic rings. The van der Waals surface area contributed by atoms with Crippen molar-refractivity contribution in [2.24, 2.45) is 11.5 Å². The van der Waals surface area contributed by atoms with Gasteiger partial charge in [0.05, 0.1) is 0 Å². The zero-order valence-electron chi connectivity index (χ0n) is 13.6. The third kappa shape index (κ3) is 27.2. The lowest BCUT2D eigenvalue weighted by Gasteiger charge is -2.08. The number of nitrogens with one attached hydrogen (secondary N) is 1. The number of nitrogens with two attached hydrogens (primary N) is 2. The van der Waals surface area contributed by atoms with Crippen molar-refractivity contribution >= 4 is 0 Å². The predicted molar refractivity (Wildman–Crippen MR) is 87.5 cm³/mol.